The number of nitrogens with one attached hydrogen (secondary N) is 1. The minimum Gasteiger partial charge on any atom is -0.318 e. The van der Waals surface area contributed by atoms with Crippen molar-refractivity contribution in [3.8, 4) is 0 Å². The number of hydrogen-bond acceptors (Lipinski definition) is 3. The van der Waals surface area contributed by atoms with E-state index in [1.165, 1.54) is 6.07 Å². The number of aryl methyl sites for hydroxylation is 2. The summed E-state index contributed by atoms with van der Waals surface area (Å²) in [5.74, 6) is -1.97. The van der Waals surface area contributed by atoms with Crippen molar-refractivity contribution in [2.75, 3.05) is 5.32 Å². The van der Waals surface area contributed by atoms with E-state index >= 15 is 0 Å². The van der Waals surface area contributed by atoms with Gasteiger partial charge >= 0.3 is 0 Å². The van der Waals surface area contributed by atoms with Crippen molar-refractivity contribution in [3.63, 3.8) is 0 Å². The summed E-state index contributed by atoms with van der Waals surface area (Å²) >= 11 is 0. The van der Waals surface area contributed by atoms with E-state index in [-0.39, 0.29) is 11.4 Å². The first kappa shape index (κ1) is 14.1. The molecule has 0 spiro atoms. The molecule has 0 aliphatic rings. The van der Waals surface area contributed by atoms with E-state index in [0.717, 1.165) is 23.9 Å². The topological polar surface area (TPSA) is 59.3 Å². The van der Waals surface area contributed by atoms with Crippen molar-refractivity contribution in [1.29, 1.82) is 0 Å². The zero-order valence-electron chi connectivity index (χ0n) is 11.9. The van der Waals surface area contributed by atoms with E-state index in [2.05, 4.69) is 15.4 Å². The fourth-order valence-corrected chi connectivity index (χ4v) is 2.14. The fraction of sp³-hybridized carbons (Fsp3) is 0.133. The van der Waals surface area contributed by atoms with E-state index in [4.69, 9.17) is 0 Å². The van der Waals surface area contributed by atoms with Crippen LogP contribution in [0.1, 0.15) is 21.9 Å². The first-order valence-corrected chi connectivity index (χ1v) is 6.54. The lowest BCUT2D eigenvalue weighted by molar-refractivity contribution is 0.102. The van der Waals surface area contributed by atoms with Crippen molar-refractivity contribution in [2.24, 2.45) is 0 Å². The zero-order valence-corrected chi connectivity index (χ0v) is 11.9. The van der Waals surface area contributed by atoms with E-state index < -0.39 is 17.5 Å². The molecule has 0 aliphatic carbocycles. The van der Waals surface area contributed by atoms with Gasteiger partial charge in [0.1, 0.15) is 17.3 Å². The predicted octanol–water partition coefficient (Wildman–Crippen LogP) is 2.88. The van der Waals surface area contributed by atoms with Gasteiger partial charge in [0.2, 0.25) is 0 Å². The number of fused-ring (bicyclic) bond motifs is 1. The molecule has 0 saturated heterocycles. The first-order chi connectivity index (χ1) is 10.4. The Balaban J connectivity index is 1.96. The van der Waals surface area contributed by atoms with Crippen LogP contribution in [-0.2, 0) is 0 Å². The number of anilines is 1. The minimum absolute atomic E-state index is 0.105. The lowest BCUT2D eigenvalue weighted by Crippen LogP contribution is -2.16. The van der Waals surface area contributed by atoms with Crippen molar-refractivity contribution >= 4 is 17.2 Å². The molecule has 22 heavy (non-hydrogen) atoms. The van der Waals surface area contributed by atoms with Gasteiger partial charge in [0.05, 0.1) is 11.4 Å². The normalized spacial score (nSPS) is 10.9. The van der Waals surface area contributed by atoms with Gasteiger partial charge < -0.3 is 5.32 Å². The molecule has 0 radical (unpaired) electrons. The second-order valence-electron chi connectivity index (χ2n) is 4.92. The van der Waals surface area contributed by atoms with Crippen LogP contribution in [0.4, 0.5) is 14.5 Å². The molecule has 0 aliphatic heterocycles. The van der Waals surface area contributed by atoms with Crippen LogP contribution in [0.3, 0.4) is 0 Å². The monoisotopic (exact) mass is 302 g/mol. The molecule has 5 nitrogen and oxygen atoms in total. The maximum atomic E-state index is 13.6. The van der Waals surface area contributed by atoms with Gasteiger partial charge in [0.15, 0.2) is 5.65 Å². The second-order valence-corrected chi connectivity index (χ2v) is 4.92. The largest absolute Gasteiger partial charge is 0.318 e. The van der Waals surface area contributed by atoms with Crippen molar-refractivity contribution < 1.29 is 13.6 Å². The number of nitrogens with zero attached hydrogens (tertiary/aromatic N) is 3. The average Bonchev–Trinajstić information content (AvgIpc) is 2.84. The molecule has 7 heteroatoms. The highest BCUT2D eigenvalue weighted by molar-refractivity contribution is 6.03. The summed E-state index contributed by atoms with van der Waals surface area (Å²) in [4.78, 5) is 16.4. The van der Waals surface area contributed by atoms with Gasteiger partial charge in [-0.25, -0.2) is 18.3 Å². The number of halogens is 2. The third-order valence-corrected chi connectivity index (χ3v) is 3.14. The highest BCUT2D eigenvalue weighted by Gasteiger charge is 2.14. The predicted molar refractivity (Wildman–Crippen MR) is 76.8 cm³/mol. The molecule has 3 aromatic rings. The maximum absolute atomic E-state index is 13.6. The van der Waals surface area contributed by atoms with Crippen molar-refractivity contribution in [2.45, 2.75) is 13.8 Å². The van der Waals surface area contributed by atoms with Crippen molar-refractivity contribution in [1.82, 2.24) is 14.6 Å². The Morgan fingerprint density at radius 2 is 1.95 bits per heavy atom. The van der Waals surface area contributed by atoms with Crippen LogP contribution in [0.2, 0.25) is 0 Å². The molecule has 0 saturated carbocycles. The summed E-state index contributed by atoms with van der Waals surface area (Å²) in [6.45, 7) is 3.59. The summed E-state index contributed by atoms with van der Waals surface area (Å²) in [5.41, 5.74) is 1.87. The van der Waals surface area contributed by atoms with Gasteiger partial charge in [0, 0.05) is 17.8 Å². The van der Waals surface area contributed by atoms with Gasteiger partial charge in [-0.2, -0.15) is 5.10 Å². The molecule has 2 heterocycles. The molecule has 3 rings (SSSR count). The maximum Gasteiger partial charge on any atom is 0.274 e. The highest BCUT2D eigenvalue weighted by Crippen LogP contribution is 2.17. The van der Waals surface area contributed by atoms with Gasteiger partial charge in [0.25, 0.3) is 5.91 Å². The van der Waals surface area contributed by atoms with Crippen LogP contribution in [0.25, 0.3) is 5.65 Å². The molecular weight excluding hydrogens is 290 g/mol. The second kappa shape index (κ2) is 5.18. The molecule has 0 atom stereocenters. The first-order valence-electron chi connectivity index (χ1n) is 6.54. The third kappa shape index (κ3) is 2.52. The summed E-state index contributed by atoms with van der Waals surface area (Å²) in [6.07, 6.45) is 0. The third-order valence-electron chi connectivity index (χ3n) is 3.14. The fourth-order valence-electron chi connectivity index (χ4n) is 2.14. The van der Waals surface area contributed by atoms with Crippen LogP contribution >= 0.6 is 0 Å². The van der Waals surface area contributed by atoms with E-state index in [1.54, 1.807) is 17.5 Å². The molecule has 0 unspecified atom stereocenters. The van der Waals surface area contributed by atoms with Gasteiger partial charge in [-0.05, 0) is 32.0 Å². The van der Waals surface area contributed by atoms with Gasteiger partial charge in [-0.15, -0.1) is 0 Å². The van der Waals surface area contributed by atoms with Crippen LogP contribution in [0.15, 0.2) is 30.3 Å². The Hall–Kier alpha value is -2.83. The summed E-state index contributed by atoms with van der Waals surface area (Å²) in [6, 6.07) is 6.11. The molecule has 112 valence electrons. The average molecular weight is 302 g/mol. The molecule has 0 bridgehead atoms. The van der Waals surface area contributed by atoms with E-state index in [0.29, 0.717) is 11.3 Å². The van der Waals surface area contributed by atoms with Gasteiger partial charge in [-0.3, -0.25) is 4.79 Å². The standard InChI is InChI=1S/C15H12F2N4O/c1-8-5-14-18-13(6-9(2)21(14)20-8)15(22)19-12-7-10(16)3-4-11(12)17/h3-7H,1-2H3,(H,19,22). The molecule has 1 amide bonds. The van der Waals surface area contributed by atoms with Crippen molar-refractivity contribution in [3.05, 3.63) is 59.0 Å². The molecular formula is C15H12F2N4O. The summed E-state index contributed by atoms with van der Waals surface area (Å²) in [7, 11) is 0. The molecule has 1 N–H and O–H groups in total. The highest BCUT2D eigenvalue weighted by atomic mass is 19.1. The summed E-state index contributed by atoms with van der Waals surface area (Å²) in [5, 5.41) is 6.56. The Morgan fingerprint density at radius 1 is 1.18 bits per heavy atom. The Morgan fingerprint density at radius 3 is 2.73 bits per heavy atom. The van der Waals surface area contributed by atoms with Gasteiger partial charge in [-0.1, -0.05) is 0 Å². The molecule has 0 fully saturated rings. The van der Waals surface area contributed by atoms with Crippen LogP contribution < -0.4 is 5.32 Å². The molecule has 2 aromatic heterocycles. The van der Waals surface area contributed by atoms with E-state index in [1.807, 2.05) is 6.92 Å². The lowest BCUT2D eigenvalue weighted by Gasteiger charge is -2.07. The number of amides is 1. The smallest absolute Gasteiger partial charge is 0.274 e. The zero-order chi connectivity index (χ0) is 15.9. The number of benzene rings is 1. The number of hydrogen-bond donors (Lipinski definition) is 1. The Kier molecular flexibility index (Phi) is 3.32. The SMILES string of the molecule is Cc1cc2nc(C(=O)Nc3cc(F)ccc3F)cc(C)n2n1. The lowest BCUT2D eigenvalue weighted by atomic mass is 10.2. The van der Waals surface area contributed by atoms with Crippen LogP contribution in [0, 0.1) is 25.5 Å². The van der Waals surface area contributed by atoms with E-state index in [9.17, 15) is 13.6 Å². The molecule has 1 aromatic carbocycles. The number of aromatic nitrogens is 3. The number of carbonyl (C=O) groups is 1. The summed E-state index contributed by atoms with van der Waals surface area (Å²) < 4.78 is 28.3. The van der Waals surface area contributed by atoms with Crippen LogP contribution in [0.5, 0.6) is 0 Å². The Labute approximate surface area is 124 Å². The number of rotatable bonds is 2. The quantitative estimate of drug-likeness (QED) is 0.792. The Bertz CT molecular complexity index is 889. The minimum atomic E-state index is -0.715. The van der Waals surface area contributed by atoms with Crippen LogP contribution in [-0.4, -0.2) is 20.5 Å². The number of carbonyl (C=O) groups excluding carboxylic acids is 1.